The fourth-order valence-electron chi connectivity index (χ4n) is 4.98. The summed E-state index contributed by atoms with van der Waals surface area (Å²) < 4.78 is 12.2. The van der Waals surface area contributed by atoms with Gasteiger partial charge in [-0.15, -0.1) is 0 Å². The zero-order valence-corrected chi connectivity index (χ0v) is 23.6. The Kier molecular flexibility index (Phi) is 8.58. The number of aryl methyl sites for hydroxylation is 2. The van der Waals surface area contributed by atoms with Gasteiger partial charge in [0, 0.05) is 24.0 Å². The van der Waals surface area contributed by atoms with Crippen molar-refractivity contribution in [2.24, 2.45) is 0 Å². The van der Waals surface area contributed by atoms with Crippen molar-refractivity contribution in [3.8, 4) is 34.0 Å². The van der Waals surface area contributed by atoms with E-state index in [2.05, 4.69) is 24.0 Å². The molecule has 0 aliphatic heterocycles. The summed E-state index contributed by atoms with van der Waals surface area (Å²) in [6, 6.07) is 23.4. The number of nitrogens with zero attached hydrogens (tertiary/aromatic N) is 3. The lowest BCUT2D eigenvalue weighted by Gasteiger charge is -2.17. The zero-order chi connectivity index (χ0) is 28.8. The van der Waals surface area contributed by atoms with Crippen molar-refractivity contribution in [1.29, 1.82) is 0 Å². The molecule has 0 unspecified atom stereocenters. The average Bonchev–Trinajstić information content (AvgIpc) is 3.44. The molecule has 0 spiro atoms. The summed E-state index contributed by atoms with van der Waals surface area (Å²) in [5, 5.41) is 3.85. The van der Waals surface area contributed by atoms with Crippen molar-refractivity contribution in [3.63, 3.8) is 0 Å². The van der Waals surface area contributed by atoms with E-state index < -0.39 is 5.76 Å². The molecule has 0 fully saturated rings. The van der Waals surface area contributed by atoms with Crippen molar-refractivity contribution < 1.29 is 9.26 Å². The molecule has 8 heteroatoms. The van der Waals surface area contributed by atoms with Gasteiger partial charge in [-0.05, 0) is 53.8 Å². The molecule has 3 aromatic carbocycles. The lowest BCUT2D eigenvalue weighted by Crippen LogP contribution is -2.29. The molecule has 0 radical (unpaired) electrons. The Morgan fingerprint density at radius 2 is 1.61 bits per heavy atom. The minimum Gasteiger partial charge on any atom is -0.494 e. The molecule has 0 atom stereocenters. The van der Waals surface area contributed by atoms with Gasteiger partial charge in [0.15, 0.2) is 5.82 Å². The molecular weight excluding hydrogens is 516 g/mol. The van der Waals surface area contributed by atoms with Gasteiger partial charge in [-0.1, -0.05) is 80.9 Å². The maximum absolute atomic E-state index is 14.0. The standard InChI is InChI=1S/C33H34N4O4/c1-4-9-29-28(32(38)37(30(6-3)34-29)24-16-18-25(19-17-24)40-20-5-2)21-22-12-14-23(15-13-22)26-10-7-8-11-27(26)31-35-33(39)41-36-31/h7-8,10-19H,4-6,9,20-21H2,1-3H3,(H,35,36,39). The highest BCUT2D eigenvalue weighted by molar-refractivity contribution is 5.80. The predicted molar refractivity (Wildman–Crippen MR) is 160 cm³/mol. The highest BCUT2D eigenvalue weighted by Crippen LogP contribution is 2.30. The third kappa shape index (κ3) is 6.06. The van der Waals surface area contributed by atoms with E-state index in [1.165, 1.54) is 0 Å². The Morgan fingerprint density at radius 3 is 2.24 bits per heavy atom. The lowest BCUT2D eigenvalue weighted by molar-refractivity contribution is 0.317. The highest BCUT2D eigenvalue weighted by atomic mass is 16.5. The molecule has 1 N–H and O–H groups in total. The van der Waals surface area contributed by atoms with Crippen molar-refractivity contribution >= 4 is 0 Å². The third-order valence-electron chi connectivity index (χ3n) is 6.97. The Hall–Kier alpha value is -4.72. The first-order chi connectivity index (χ1) is 20.0. The number of hydrogen-bond donors (Lipinski definition) is 1. The lowest BCUT2D eigenvalue weighted by atomic mass is 9.96. The summed E-state index contributed by atoms with van der Waals surface area (Å²) in [5.41, 5.74) is 5.97. The molecule has 210 valence electrons. The summed E-state index contributed by atoms with van der Waals surface area (Å²) in [6.45, 7) is 6.85. The number of rotatable bonds is 11. The molecule has 2 heterocycles. The molecule has 5 aromatic rings. The molecule has 41 heavy (non-hydrogen) atoms. The second-order valence-corrected chi connectivity index (χ2v) is 9.90. The van der Waals surface area contributed by atoms with E-state index in [1.54, 1.807) is 4.57 Å². The van der Waals surface area contributed by atoms with Gasteiger partial charge in [0.25, 0.3) is 5.56 Å². The second kappa shape index (κ2) is 12.6. The van der Waals surface area contributed by atoms with Crippen LogP contribution >= 0.6 is 0 Å². The monoisotopic (exact) mass is 550 g/mol. The summed E-state index contributed by atoms with van der Waals surface area (Å²) >= 11 is 0. The van der Waals surface area contributed by atoms with Gasteiger partial charge < -0.3 is 4.74 Å². The van der Waals surface area contributed by atoms with Crippen LogP contribution < -0.4 is 16.1 Å². The number of ether oxygens (including phenoxy) is 1. The molecule has 0 saturated carbocycles. The fraction of sp³-hybridized carbons (Fsp3) is 0.273. The van der Waals surface area contributed by atoms with E-state index in [1.807, 2.05) is 79.7 Å². The van der Waals surface area contributed by atoms with Gasteiger partial charge in [-0.25, -0.2) is 9.78 Å². The van der Waals surface area contributed by atoms with Crippen LogP contribution in [0.25, 0.3) is 28.2 Å². The van der Waals surface area contributed by atoms with E-state index in [-0.39, 0.29) is 5.56 Å². The SMILES string of the molecule is CCCOc1ccc(-n2c(CC)nc(CCC)c(Cc3ccc(-c4ccccc4-c4noc(=O)[nH]4)cc3)c2=O)cc1. The smallest absolute Gasteiger partial charge is 0.439 e. The Labute approximate surface area is 238 Å². The summed E-state index contributed by atoms with van der Waals surface area (Å²) in [6.07, 6.45) is 3.69. The molecule has 0 amide bonds. The fourth-order valence-corrected chi connectivity index (χ4v) is 4.98. The molecule has 5 rings (SSSR count). The van der Waals surface area contributed by atoms with Gasteiger partial charge in [-0.3, -0.25) is 18.9 Å². The van der Waals surface area contributed by atoms with Crippen molar-refractivity contribution in [2.75, 3.05) is 6.61 Å². The Morgan fingerprint density at radius 1 is 0.878 bits per heavy atom. The molecule has 8 nitrogen and oxygen atoms in total. The first-order valence-electron chi connectivity index (χ1n) is 14.1. The molecule has 2 aromatic heterocycles. The minimum absolute atomic E-state index is 0.0352. The quantitative estimate of drug-likeness (QED) is 0.212. The normalized spacial score (nSPS) is 11.1. The maximum Gasteiger partial charge on any atom is 0.439 e. The molecular formula is C33H34N4O4. The van der Waals surface area contributed by atoms with Gasteiger partial charge in [-0.2, -0.15) is 0 Å². The van der Waals surface area contributed by atoms with Gasteiger partial charge in [0.2, 0.25) is 0 Å². The van der Waals surface area contributed by atoms with Crippen LogP contribution in [0.5, 0.6) is 5.75 Å². The van der Waals surface area contributed by atoms with Crippen molar-refractivity contribution in [3.05, 3.63) is 116 Å². The van der Waals surface area contributed by atoms with Crippen molar-refractivity contribution in [1.82, 2.24) is 19.7 Å². The van der Waals surface area contributed by atoms with Crippen LogP contribution in [0.2, 0.25) is 0 Å². The summed E-state index contributed by atoms with van der Waals surface area (Å²) in [7, 11) is 0. The minimum atomic E-state index is -0.595. The van der Waals surface area contributed by atoms with Crippen LogP contribution in [0.4, 0.5) is 0 Å². The first-order valence-corrected chi connectivity index (χ1v) is 14.1. The van der Waals surface area contributed by atoms with Crippen molar-refractivity contribution in [2.45, 2.75) is 52.9 Å². The van der Waals surface area contributed by atoms with E-state index in [0.717, 1.165) is 64.5 Å². The largest absolute Gasteiger partial charge is 0.494 e. The van der Waals surface area contributed by atoms with Crippen LogP contribution in [-0.4, -0.2) is 26.3 Å². The maximum atomic E-state index is 14.0. The topological polar surface area (TPSA) is 103 Å². The number of aromatic nitrogens is 4. The number of H-pyrrole nitrogens is 1. The van der Waals surface area contributed by atoms with E-state index in [9.17, 15) is 9.59 Å². The van der Waals surface area contributed by atoms with Crippen LogP contribution in [0.1, 0.15) is 56.3 Å². The van der Waals surface area contributed by atoms with E-state index >= 15 is 0 Å². The van der Waals surface area contributed by atoms with Crippen LogP contribution in [-0.2, 0) is 19.3 Å². The number of nitrogens with one attached hydrogen (secondary N) is 1. The van der Waals surface area contributed by atoms with E-state index in [0.29, 0.717) is 30.8 Å². The zero-order valence-electron chi connectivity index (χ0n) is 23.6. The van der Waals surface area contributed by atoms with Crippen LogP contribution in [0.15, 0.2) is 86.9 Å². The number of hydrogen-bond acceptors (Lipinski definition) is 6. The van der Waals surface area contributed by atoms with Gasteiger partial charge in [0.1, 0.15) is 11.6 Å². The van der Waals surface area contributed by atoms with Gasteiger partial charge >= 0.3 is 5.76 Å². The second-order valence-electron chi connectivity index (χ2n) is 9.90. The summed E-state index contributed by atoms with van der Waals surface area (Å²) in [4.78, 5) is 33.2. The first kappa shape index (κ1) is 27.8. The molecule has 0 aliphatic rings. The Balaban J connectivity index is 1.50. The highest BCUT2D eigenvalue weighted by Gasteiger charge is 2.18. The van der Waals surface area contributed by atoms with Crippen LogP contribution in [0, 0.1) is 0 Å². The molecule has 0 bridgehead atoms. The average molecular weight is 551 g/mol. The molecule has 0 aliphatic carbocycles. The van der Waals surface area contributed by atoms with E-state index in [4.69, 9.17) is 14.2 Å². The molecule has 0 saturated heterocycles. The Bertz CT molecular complexity index is 1730. The summed E-state index contributed by atoms with van der Waals surface area (Å²) in [5.74, 6) is 1.32. The third-order valence-corrected chi connectivity index (χ3v) is 6.97. The van der Waals surface area contributed by atoms with Crippen LogP contribution in [0.3, 0.4) is 0 Å². The van der Waals surface area contributed by atoms with Gasteiger partial charge in [0.05, 0.1) is 18.0 Å². The predicted octanol–water partition coefficient (Wildman–Crippen LogP) is 6.14. The number of aromatic amines is 1. The number of benzene rings is 3.